The topological polar surface area (TPSA) is 38.3 Å². The third-order valence-electron chi connectivity index (χ3n) is 4.35. The third kappa shape index (κ3) is 5.41. The van der Waals surface area contributed by atoms with Crippen LogP contribution < -0.4 is 10.1 Å². The van der Waals surface area contributed by atoms with Crippen LogP contribution in [0, 0.1) is 13.8 Å². The van der Waals surface area contributed by atoms with Gasteiger partial charge in [0.15, 0.2) is 0 Å². The third-order valence-corrected chi connectivity index (χ3v) is 4.35. The molecule has 0 unspecified atom stereocenters. The predicted molar refractivity (Wildman–Crippen MR) is 98.6 cm³/mol. The van der Waals surface area contributed by atoms with Crippen LogP contribution in [-0.2, 0) is 17.6 Å². The number of ether oxygens (including phenoxy) is 1. The van der Waals surface area contributed by atoms with Crippen molar-refractivity contribution < 1.29 is 9.53 Å². The molecule has 0 heterocycles. The molecule has 0 saturated heterocycles. The molecule has 0 aliphatic heterocycles. The molecule has 0 aliphatic carbocycles. The van der Waals surface area contributed by atoms with E-state index in [9.17, 15) is 4.79 Å². The molecule has 3 nitrogen and oxygen atoms in total. The van der Waals surface area contributed by atoms with E-state index in [-0.39, 0.29) is 5.91 Å². The summed E-state index contributed by atoms with van der Waals surface area (Å²) in [5.74, 6) is 1.03. The lowest BCUT2D eigenvalue weighted by Gasteiger charge is -2.09. The summed E-state index contributed by atoms with van der Waals surface area (Å²) in [6, 6.07) is 14.4. The molecule has 1 amide bonds. The molecule has 0 fully saturated rings. The SMILES string of the molecule is COc1ccccc1CCCNC(=O)CCc1ccc(C)c(C)c1. The molecule has 3 heteroatoms. The fraction of sp³-hybridized carbons (Fsp3) is 0.381. The molecule has 2 aromatic rings. The summed E-state index contributed by atoms with van der Waals surface area (Å²) in [6.07, 6.45) is 3.15. The molecular weight excluding hydrogens is 298 g/mol. The average Bonchev–Trinajstić information content (AvgIpc) is 2.60. The minimum absolute atomic E-state index is 0.119. The van der Waals surface area contributed by atoms with Crippen LogP contribution in [0.2, 0.25) is 0 Å². The lowest BCUT2D eigenvalue weighted by atomic mass is 10.0. The largest absolute Gasteiger partial charge is 0.496 e. The van der Waals surface area contributed by atoms with E-state index < -0.39 is 0 Å². The molecule has 0 atom stereocenters. The maximum Gasteiger partial charge on any atom is 0.220 e. The van der Waals surface area contributed by atoms with Gasteiger partial charge < -0.3 is 10.1 Å². The summed E-state index contributed by atoms with van der Waals surface area (Å²) in [6.45, 7) is 4.91. The summed E-state index contributed by atoms with van der Waals surface area (Å²) in [4.78, 5) is 12.0. The standard InChI is InChI=1S/C21H27NO2/c1-16-10-11-18(15-17(16)2)12-13-21(23)22-14-6-8-19-7-4-5-9-20(19)24-3/h4-5,7,9-11,15H,6,8,12-14H2,1-3H3,(H,22,23). The molecule has 2 aromatic carbocycles. The zero-order valence-electron chi connectivity index (χ0n) is 14.9. The van der Waals surface area contributed by atoms with E-state index in [1.807, 2.05) is 18.2 Å². The predicted octanol–water partition coefficient (Wildman–Crippen LogP) is 3.99. The van der Waals surface area contributed by atoms with Gasteiger partial charge in [0.1, 0.15) is 5.75 Å². The van der Waals surface area contributed by atoms with Gasteiger partial charge in [-0.1, -0.05) is 36.4 Å². The highest BCUT2D eigenvalue weighted by Gasteiger charge is 2.04. The second-order valence-electron chi connectivity index (χ2n) is 6.18. The number of para-hydroxylation sites is 1. The van der Waals surface area contributed by atoms with Gasteiger partial charge >= 0.3 is 0 Å². The minimum atomic E-state index is 0.119. The van der Waals surface area contributed by atoms with Gasteiger partial charge in [-0.15, -0.1) is 0 Å². The van der Waals surface area contributed by atoms with Gasteiger partial charge in [-0.2, -0.15) is 0 Å². The Hall–Kier alpha value is -2.29. The Morgan fingerprint density at radius 2 is 1.83 bits per heavy atom. The van der Waals surface area contributed by atoms with Crippen molar-refractivity contribution in [1.29, 1.82) is 0 Å². The van der Waals surface area contributed by atoms with Crippen molar-refractivity contribution in [2.45, 2.75) is 39.5 Å². The molecule has 0 saturated carbocycles. The van der Waals surface area contributed by atoms with Crippen molar-refractivity contribution >= 4 is 5.91 Å². The number of aryl methyl sites for hydroxylation is 4. The molecule has 24 heavy (non-hydrogen) atoms. The molecule has 0 radical (unpaired) electrons. The quantitative estimate of drug-likeness (QED) is 0.745. The zero-order chi connectivity index (χ0) is 17.4. The summed E-state index contributed by atoms with van der Waals surface area (Å²) in [7, 11) is 1.69. The van der Waals surface area contributed by atoms with Crippen molar-refractivity contribution in [2.75, 3.05) is 13.7 Å². The second kappa shape index (κ2) is 9.11. The number of carbonyl (C=O) groups is 1. The highest BCUT2D eigenvalue weighted by atomic mass is 16.5. The van der Waals surface area contributed by atoms with E-state index >= 15 is 0 Å². The number of hydrogen-bond donors (Lipinski definition) is 1. The van der Waals surface area contributed by atoms with Crippen molar-refractivity contribution in [3.05, 3.63) is 64.7 Å². The Morgan fingerprint density at radius 1 is 1.04 bits per heavy atom. The monoisotopic (exact) mass is 325 g/mol. The summed E-state index contributed by atoms with van der Waals surface area (Å²) >= 11 is 0. The Labute approximate surface area is 145 Å². The summed E-state index contributed by atoms with van der Waals surface area (Å²) in [5.41, 5.74) is 4.98. The minimum Gasteiger partial charge on any atom is -0.496 e. The first-order valence-electron chi connectivity index (χ1n) is 8.55. The number of methoxy groups -OCH3 is 1. The Morgan fingerprint density at radius 3 is 2.58 bits per heavy atom. The molecule has 0 bridgehead atoms. The molecule has 0 aliphatic rings. The van der Waals surface area contributed by atoms with Gasteiger partial charge in [-0.05, 0) is 61.4 Å². The first-order valence-corrected chi connectivity index (χ1v) is 8.55. The van der Waals surface area contributed by atoms with Gasteiger partial charge in [0.05, 0.1) is 7.11 Å². The van der Waals surface area contributed by atoms with Crippen molar-refractivity contribution in [3.8, 4) is 5.75 Å². The number of rotatable bonds is 8. The lowest BCUT2D eigenvalue weighted by Crippen LogP contribution is -2.25. The van der Waals surface area contributed by atoms with Crippen LogP contribution in [-0.4, -0.2) is 19.6 Å². The van der Waals surface area contributed by atoms with Crippen molar-refractivity contribution in [3.63, 3.8) is 0 Å². The van der Waals surface area contributed by atoms with Gasteiger partial charge in [-0.25, -0.2) is 0 Å². The fourth-order valence-corrected chi connectivity index (χ4v) is 2.72. The molecule has 0 spiro atoms. The molecule has 2 rings (SSSR count). The van der Waals surface area contributed by atoms with Crippen LogP contribution in [0.5, 0.6) is 5.75 Å². The van der Waals surface area contributed by atoms with Gasteiger partial charge in [0, 0.05) is 13.0 Å². The number of amides is 1. The molecule has 1 N–H and O–H groups in total. The van der Waals surface area contributed by atoms with Gasteiger partial charge in [0.25, 0.3) is 0 Å². The zero-order valence-corrected chi connectivity index (χ0v) is 14.9. The van der Waals surface area contributed by atoms with E-state index in [0.717, 1.165) is 25.0 Å². The second-order valence-corrected chi connectivity index (χ2v) is 6.18. The van der Waals surface area contributed by atoms with E-state index in [1.54, 1.807) is 7.11 Å². The molecular formula is C21H27NO2. The lowest BCUT2D eigenvalue weighted by molar-refractivity contribution is -0.121. The number of carbonyl (C=O) groups excluding carboxylic acids is 1. The Kier molecular flexibility index (Phi) is 6.86. The van der Waals surface area contributed by atoms with E-state index in [4.69, 9.17) is 4.74 Å². The van der Waals surface area contributed by atoms with Crippen LogP contribution >= 0.6 is 0 Å². The van der Waals surface area contributed by atoms with Crippen LogP contribution in [0.3, 0.4) is 0 Å². The van der Waals surface area contributed by atoms with E-state index in [1.165, 1.54) is 22.3 Å². The molecule has 0 aromatic heterocycles. The maximum atomic E-state index is 12.0. The normalized spacial score (nSPS) is 10.5. The van der Waals surface area contributed by atoms with E-state index in [2.05, 4.69) is 43.4 Å². The highest BCUT2D eigenvalue weighted by Crippen LogP contribution is 2.18. The van der Waals surface area contributed by atoms with Gasteiger partial charge in [-0.3, -0.25) is 4.79 Å². The fourth-order valence-electron chi connectivity index (χ4n) is 2.72. The van der Waals surface area contributed by atoms with E-state index in [0.29, 0.717) is 13.0 Å². The maximum absolute atomic E-state index is 12.0. The number of hydrogen-bond acceptors (Lipinski definition) is 2. The smallest absolute Gasteiger partial charge is 0.220 e. The van der Waals surface area contributed by atoms with Crippen LogP contribution in [0.25, 0.3) is 0 Å². The highest BCUT2D eigenvalue weighted by molar-refractivity contribution is 5.76. The van der Waals surface area contributed by atoms with Crippen LogP contribution in [0.1, 0.15) is 35.1 Å². The van der Waals surface area contributed by atoms with Crippen molar-refractivity contribution in [2.24, 2.45) is 0 Å². The van der Waals surface area contributed by atoms with Crippen LogP contribution in [0.4, 0.5) is 0 Å². The number of benzene rings is 2. The van der Waals surface area contributed by atoms with Gasteiger partial charge in [0.2, 0.25) is 5.91 Å². The summed E-state index contributed by atoms with van der Waals surface area (Å²) < 4.78 is 5.34. The summed E-state index contributed by atoms with van der Waals surface area (Å²) in [5, 5.41) is 3.01. The molecule has 128 valence electrons. The van der Waals surface area contributed by atoms with Crippen LogP contribution in [0.15, 0.2) is 42.5 Å². The number of nitrogens with one attached hydrogen (secondary N) is 1. The Balaban J connectivity index is 1.69. The Bertz CT molecular complexity index is 679. The van der Waals surface area contributed by atoms with Crippen molar-refractivity contribution in [1.82, 2.24) is 5.32 Å². The average molecular weight is 325 g/mol. The first kappa shape index (κ1) is 18.1. The first-order chi connectivity index (χ1) is 11.6.